The molecule has 0 atom stereocenters. The van der Waals surface area contributed by atoms with Crippen LogP contribution in [0, 0.1) is 0 Å². The van der Waals surface area contributed by atoms with Crippen LogP contribution in [0.15, 0.2) is 47.6 Å². The van der Waals surface area contributed by atoms with Gasteiger partial charge in [-0.25, -0.2) is 0 Å². The number of aryl methyl sites for hydroxylation is 1. The van der Waals surface area contributed by atoms with E-state index in [4.69, 9.17) is 19.3 Å². The summed E-state index contributed by atoms with van der Waals surface area (Å²) in [5.74, 6) is 3.61. The first-order valence-corrected chi connectivity index (χ1v) is 8.63. The Morgan fingerprint density at radius 2 is 1.59 bits per heavy atom. The number of aromatic nitrogens is 3. The Bertz CT molecular complexity index is 1010. The second kappa shape index (κ2) is 7.11. The van der Waals surface area contributed by atoms with Crippen molar-refractivity contribution in [3.63, 3.8) is 0 Å². The van der Waals surface area contributed by atoms with E-state index in [9.17, 15) is 0 Å². The highest BCUT2D eigenvalue weighted by atomic mass is 16.5. The molecule has 3 aromatic rings. The number of nitrogens with zero attached hydrogens (tertiary/aromatic N) is 4. The minimum Gasteiger partial charge on any atom is -0.496 e. The third-order valence-electron chi connectivity index (χ3n) is 4.58. The molecule has 27 heavy (non-hydrogen) atoms. The van der Waals surface area contributed by atoms with Crippen molar-refractivity contribution in [1.82, 2.24) is 14.9 Å². The van der Waals surface area contributed by atoms with Gasteiger partial charge < -0.3 is 14.2 Å². The van der Waals surface area contributed by atoms with Crippen molar-refractivity contribution in [2.45, 2.75) is 12.8 Å². The standard InChI is InChI=1S/C20H20N4O3/c1-25-16-7-5-4-6-14(16)20-22-21-19-11-9-15(23-24(19)20)13-8-10-17(26-2)18(12-13)27-3/h4-8,10,12H,9,11H2,1-3H3. The molecule has 138 valence electrons. The highest BCUT2D eigenvalue weighted by Gasteiger charge is 2.22. The first-order valence-electron chi connectivity index (χ1n) is 8.63. The van der Waals surface area contributed by atoms with E-state index in [-0.39, 0.29) is 0 Å². The number of rotatable bonds is 5. The summed E-state index contributed by atoms with van der Waals surface area (Å²) in [6, 6.07) is 13.5. The van der Waals surface area contributed by atoms with E-state index in [1.165, 1.54) is 0 Å². The molecule has 0 spiro atoms. The molecular formula is C20H20N4O3. The van der Waals surface area contributed by atoms with Crippen molar-refractivity contribution < 1.29 is 14.2 Å². The maximum Gasteiger partial charge on any atom is 0.188 e. The van der Waals surface area contributed by atoms with Crippen LogP contribution in [0.2, 0.25) is 0 Å². The van der Waals surface area contributed by atoms with Gasteiger partial charge in [-0.05, 0) is 36.8 Å². The summed E-state index contributed by atoms with van der Waals surface area (Å²) in [5, 5.41) is 13.5. The van der Waals surface area contributed by atoms with E-state index < -0.39 is 0 Å². The van der Waals surface area contributed by atoms with Gasteiger partial charge in [0, 0.05) is 12.0 Å². The van der Waals surface area contributed by atoms with Crippen LogP contribution in [0.3, 0.4) is 0 Å². The third-order valence-corrected chi connectivity index (χ3v) is 4.58. The minimum atomic E-state index is 0.667. The maximum absolute atomic E-state index is 5.47. The zero-order chi connectivity index (χ0) is 18.8. The molecule has 0 bridgehead atoms. The molecule has 0 unspecified atom stereocenters. The maximum atomic E-state index is 5.47. The molecule has 0 aliphatic carbocycles. The van der Waals surface area contributed by atoms with Crippen molar-refractivity contribution in [1.29, 1.82) is 0 Å². The topological polar surface area (TPSA) is 70.8 Å². The Hall–Kier alpha value is -3.35. The smallest absolute Gasteiger partial charge is 0.188 e. The van der Waals surface area contributed by atoms with Crippen LogP contribution in [-0.4, -0.2) is 41.9 Å². The number of para-hydroxylation sites is 1. The van der Waals surface area contributed by atoms with Crippen LogP contribution in [0.25, 0.3) is 11.4 Å². The predicted octanol–water partition coefficient (Wildman–Crippen LogP) is 3.17. The molecular weight excluding hydrogens is 344 g/mol. The van der Waals surface area contributed by atoms with E-state index in [2.05, 4.69) is 10.2 Å². The van der Waals surface area contributed by atoms with Gasteiger partial charge in [-0.15, -0.1) is 10.2 Å². The van der Waals surface area contributed by atoms with Gasteiger partial charge in [0.1, 0.15) is 5.75 Å². The summed E-state index contributed by atoms with van der Waals surface area (Å²) in [5.41, 5.74) is 2.79. The van der Waals surface area contributed by atoms with Crippen LogP contribution in [-0.2, 0) is 6.42 Å². The summed E-state index contributed by atoms with van der Waals surface area (Å²) in [7, 11) is 4.89. The molecule has 0 amide bonds. The van der Waals surface area contributed by atoms with Gasteiger partial charge in [0.2, 0.25) is 0 Å². The van der Waals surface area contributed by atoms with Gasteiger partial charge in [-0.2, -0.15) is 9.78 Å². The lowest BCUT2D eigenvalue weighted by molar-refractivity contribution is 0.355. The van der Waals surface area contributed by atoms with Crippen LogP contribution in [0.1, 0.15) is 17.8 Å². The Balaban J connectivity index is 1.79. The Labute approximate surface area is 157 Å². The number of fused-ring (bicyclic) bond motifs is 1. The number of benzene rings is 2. The summed E-state index contributed by atoms with van der Waals surface area (Å²) in [6.45, 7) is 0. The van der Waals surface area contributed by atoms with Crippen LogP contribution >= 0.6 is 0 Å². The van der Waals surface area contributed by atoms with E-state index in [1.54, 1.807) is 26.0 Å². The Kier molecular flexibility index (Phi) is 4.50. The Morgan fingerprint density at radius 3 is 2.37 bits per heavy atom. The molecule has 4 rings (SSSR count). The number of hydrogen-bond acceptors (Lipinski definition) is 6. The second-order valence-corrected chi connectivity index (χ2v) is 6.07. The SMILES string of the molecule is COc1ccc(C2=Nn3c(nnc3-c3ccccc3OC)CC2)cc1OC. The number of hydrogen-bond donors (Lipinski definition) is 0. The van der Waals surface area contributed by atoms with Gasteiger partial charge in [0.05, 0.1) is 32.6 Å². The van der Waals surface area contributed by atoms with E-state index in [1.807, 2.05) is 42.5 Å². The summed E-state index contributed by atoms with van der Waals surface area (Å²) >= 11 is 0. The van der Waals surface area contributed by atoms with Crippen LogP contribution < -0.4 is 14.2 Å². The lowest BCUT2D eigenvalue weighted by atomic mass is 10.0. The van der Waals surface area contributed by atoms with Gasteiger partial charge >= 0.3 is 0 Å². The quantitative estimate of drug-likeness (QED) is 0.695. The first-order chi connectivity index (χ1) is 13.2. The minimum absolute atomic E-state index is 0.667. The van der Waals surface area contributed by atoms with E-state index in [0.717, 1.165) is 41.3 Å². The molecule has 0 saturated heterocycles. The van der Waals surface area contributed by atoms with Gasteiger partial charge in [0.25, 0.3) is 0 Å². The summed E-state index contributed by atoms with van der Waals surface area (Å²) < 4.78 is 18.0. The molecule has 0 saturated carbocycles. The monoisotopic (exact) mass is 364 g/mol. The summed E-state index contributed by atoms with van der Waals surface area (Å²) in [6.07, 6.45) is 1.54. The lowest BCUT2D eigenvalue weighted by Crippen LogP contribution is -2.15. The largest absolute Gasteiger partial charge is 0.496 e. The van der Waals surface area contributed by atoms with Crippen molar-refractivity contribution in [3.8, 4) is 28.6 Å². The highest BCUT2D eigenvalue weighted by molar-refractivity contribution is 6.01. The molecule has 2 aromatic carbocycles. The highest BCUT2D eigenvalue weighted by Crippen LogP contribution is 2.32. The summed E-state index contributed by atoms with van der Waals surface area (Å²) in [4.78, 5) is 0. The molecule has 1 aliphatic heterocycles. The zero-order valence-corrected chi connectivity index (χ0v) is 15.5. The number of ether oxygens (including phenoxy) is 3. The Morgan fingerprint density at radius 1 is 0.815 bits per heavy atom. The van der Waals surface area contributed by atoms with Crippen molar-refractivity contribution in [2.24, 2.45) is 5.10 Å². The van der Waals surface area contributed by atoms with Crippen molar-refractivity contribution in [3.05, 3.63) is 53.9 Å². The van der Waals surface area contributed by atoms with Crippen molar-refractivity contribution in [2.75, 3.05) is 21.3 Å². The second-order valence-electron chi connectivity index (χ2n) is 6.07. The lowest BCUT2D eigenvalue weighted by Gasteiger charge is -2.16. The first kappa shape index (κ1) is 17.1. The normalized spacial score (nSPS) is 12.9. The molecule has 1 aromatic heterocycles. The molecule has 0 radical (unpaired) electrons. The molecule has 0 fully saturated rings. The van der Waals surface area contributed by atoms with Crippen molar-refractivity contribution >= 4 is 5.71 Å². The molecule has 7 heteroatoms. The fourth-order valence-electron chi connectivity index (χ4n) is 3.19. The molecule has 0 N–H and O–H groups in total. The zero-order valence-electron chi connectivity index (χ0n) is 15.5. The van der Waals surface area contributed by atoms with Gasteiger partial charge in [0.15, 0.2) is 23.1 Å². The average molecular weight is 364 g/mol. The predicted molar refractivity (Wildman–Crippen MR) is 102 cm³/mol. The van der Waals surface area contributed by atoms with E-state index in [0.29, 0.717) is 17.3 Å². The van der Waals surface area contributed by atoms with Gasteiger partial charge in [-0.3, -0.25) is 0 Å². The molecule has 1 aliphatic rings. The fourth-order valence-corrected chi connectivity index (χ4v) is 3.19. The third kappa shape index (κ3) is 3.01. The van der Waals surface area contributed by atoms with Crippen LogP contribution in [0.5, 0.6) is 17.2 Å². The molecule has 7 nitrogen and oxygen atoms in total. The fraction of sp³-hybridized carbons (Fsp3) is 0.250. The van der Waals surface area contributed by atoms with Crippen LogP contribution in [0.4, 0.5) is 0 Å². The van der Waals surface area contributed by atoms with Gasteiger partial charge in [-0.1, -0.05) is 12.1 Å². The molecule has 2 heterocycles. The number of methoxy groups -OCH3 is 3. The van der Waals surface area contributed by atoms with E-state index >= 15 is 0 Å². The average Bonchev–Trinajstić information content (AvgIpc) is 3.16.